The van der Waals surface area contributed by atoms with Crippen LogP contribution in [0.3, 0.4) is 0 Å². The van der Waals surface area contributed by atoms with E-state index in [4.69, 9.17) is 4.74 Å². The summed E-state index contributed by atoms with van der Waals surface area (Å²) in [7, 11) is 1.56. The molecule has 0 aliphatic carbocycles. The minimum absolute atomic E-state index is 0.00120. The molecule has 2 atom stereocenters. The second kappa shape index (κ2) is 8.11. The summed E-state index contributed by atoms with van der Waals surface area (Å²) in [6.07, 6.45) is 5.56. The average Bonchev–Trinajstić information content (AvgIpc) is 2.82. The van der Waals surface area contributed by atoms with E-state index in [0.29, 0.717) is 17.7 Å². The Morgan fingerprint density at radius 2 is 1.91 bits per heavy atom. The fraction of sp³-hybridized carbons (Fsp3) is 0.684. The summed E-state index contributed by atoms with van der Waals surface area (Å²) in [6, 6.07) is 4.39. The van der Waals surface area contributed by atoms with Crippen LogP contribution in [-0.2, 0) is 5.60 Å². The number of aliphatic hydroxyl groups is 1. The van der Waals surface area contributed by atoms with Gasteiger partial charge in [-0.3, -0.25) is 0 Å². The summed E-state index contributed by atoms with van der Waals surface area (Å²) in [5.74, 6) is 0.217. The Morgan fingerprint density at radius 1 is 1.26 bits per heavy atom. The molecule has 0 bridgehead atoms. The van der Waals surface area contributed by atoms with E-state index in [1.165, 1.54) is 37.8 Å². The smallest absolute Gasteiger partial charge is 0.125 e. The summed E-state index contributed by atoms with van der Waals surface area (Å²) < 4.78 is 19.1. The molecule has 1 saturated heterocycles. The number of likely N-dealkylation sites (tertiary alicyclic amines) is 1. The molecule has 2 rings (SSSR count). The molecule has 0 radical (unpaired) electrons. The lowest BCUT2D eigenvalue weighted by Crippen LogP contribution is -2.41. The lowest BCUT2D eigenvalue weighted by molar-refractivity contribution is -0.0350. The predicted octanol–water partition coefficient (Wildman–Crippen LogP) is 3.94. The van der Waals surface area contributed by atoms with E-state index >= 15 is 0 Å². The van der Waals surface area contributed by atoms with Crippen molar-refractivity contribution in [1.82, 2.24) is 4.90 Å². The third-order valence-corrected chi connectivity index (χ3v) is 5.21. The normalized spacial score (nSPS) is 20.6. The van der Waals surface area contributed by atoms with E-state index < -0.39 is 5.60 Å². The van der Waals surface area contributed by atoms with Gasteiger partial charge in [-0.15, -0.1) is 0 Å². The number of rotatable bonds is 6. The minimum atomic E-state index is -1.08. The lowest BCUT2D eigenvalue weighted by Gasteiger charge is -2.37. The molecule has 23 heavy (non-hydrogen) atoms. The second-order valence-corrected chi connectivity index (χ2v) is 6.74. The molecule has 0 saturated carbocycles. The molecule has 4 heteroatoms. The highest BCUT2D eigenvalue weighted by Crippen LogP contribution is 2.39. The van der Waals surface area contributed by atoms with E-state index in [1.54, 1.807) is 13.2 Å². The van der Waals surface area contributed by atoms with Crippen LogP contribution >= 0.6 is 0 Å². The van der Waals surface area contributed by atoms with Crippen molar-refractivity contribution >= 4 is 0 Å². The van der Waals surface area contributed by atoms with Gasteiger partial charge in [0.25, 0.3) is 0 Å². The summed E-state index contributed by atoms with van der Waals surface area (Å²) in [5, 5.41) is 11.3. The Morgan fingerprint density at radius 3 is 2.48 bits per heavy atom. The van der Waals surface area contributed by atoms with Crippen LogP contribution in [0.25, 0.3) is 0 Å². The van der Waals surface area contributed by atoms with Crippen LogP contribution in [0.5, 0.6) is 5.75 Å². The number of ether oxygens (including phenoxy) is 1. The van der Waals surface area contributed by atoms with E-state index in [1.807, 2.05) is 6.92 Å². The van der Waals surface area contributed by atoms with Crippen molar-refractivity contribution in [2.75, 3.05) is 26.7 Å². The van der Waals surface area contributed by atoms with Crippen molar-refractivity contribution in [1.29, 1.82) is 0 Å². The first kappa shape index (κ1) is 18.2. The van der Waals surface area contributed by atoms with Crippen LogP contribution in [-0.4, -0.2) is 36.8 Å². The maximum Gasteiger partial charge on any atom is 0.125 e. The third-order valence-electron chi connectivity index (χ3n) is 5.21. The lowest BCUT2D eigenvalue weighted by atomic mass is 9.79. The molecule has 0 amide bonds. The molecule has 1 N–H and O–H groups in total. The molecular formula is C19H30FNO2. The Kier molecular flexibility index (Phi) is 6.42. The van der Waals surface area contributed by atoms with Gasteiger partial charge in [0, 0.05) is 18.0 Å². The molecule has 1 aliphatic rings. The molecule has 3 nitrogen and oxygen atoms in total. The van der Waals surface area contributed by atoms with Gasteiger partial charge in [-0.1, -0.05) is 26.7 Å². The molecule has 1 aliphatic heterocycles. The number of halogens is 1. The predicted molar refractivity (Wildman–Crippen MR) is 91.2 cm³/mol. The molecule has 130 valence electrons. The topological polar surface area (TPSA) is 32.7 Å². The monoisotopic (exact) mass is 323 g/mol. The first-order valence-corrected chi connectivity index (χ1v) is 8.80. The highest BCUT2D eigenvalue weighted by molar-refractivity contribution is 5.39. The molecule has 2 unspecified atom stereocenters. The van der Waals surface area contributed by atoms with Crippen LogP contribution in [0.15, 0.2) is 18.2 Å². The van der Waals surface area contributed by atoms with Crippen LogP contribution in [0.2, 0.25) is 0 Å². The molecule has 1 aromatic carbocycles. The van der Waals surface area contributed by atoms with Gasteiger partial charge in [-0.25, -0.2) is 4.39 Å². The van der Waals surface area contributed by atoms with Crippen LogP contribution in [0.1, 0.15) is 51.5 Å². The molecular weight excluding hydrogens is 293 g/mol. The average molecular weight is 323 g/mol. The van der Waals surface area contributed by atoms with Gasteiger partial charge in [0.2, 0.25) is 0 Å². The van der Waals surface area contributed by atoms with Crippen LogP contribution < -0.4 is 4.74 Å². The van der Waals surface area contributed by atoms with E-state index in [2.05, 4.69) is 11.8 Å². The van der Waals surface area contributed by atoms with Gasteiger partial charge in [0.1, 0.15) is 11.6 Å². The maximum atomic E-state index is 13.7. The summed E-state index contributed by atoms with van der Waals surface area (Å²) in [5.41, 5.74) is -0.524. The fourth-order valence-electron chi connectivity index (χ4n) is 3.68. The number of hydrogen-bond donors (Lipinski definition) is 1. The molecule has 0 aromatic heterocycles. The summed E-state index contributed by atoms with van der Waals surface area (Å²) in [6.45, 7) is 7.00. The van der Waals surface area contributed by atoms with Gasteiger partial charge in [0.05, 0.1) is 12.7 Å². The van der Waals surface area contributed by atoms with E-state index in [9.17, 15) is 9.50 Å². The number of methoxy groups -OCH3 is 1. The zero-order valence-corrected chi connectivity index (χ0v) is 14.6. The van der Waals surface area contributed by atoms with Gasteiger partial charge < -0.3 is 14.7 Å². The Bertz CT molecular complexity index is 500. The van der Waals surface area contributed by atoms with Crippen molar-refractivity contribution in [3.8, 4) is 5.75 Å². The Balaban J connectivity index is 2.22. The first-order valence-electron chi connectivity index (χ1n) is 8.80. The van der Waals surface area contributed by atoms with Gasteiger partial charge in [-0.05, 0) is 50.6 Å². The number of nitrogens with zero attached hydrogens (tertiary/aromatic N) is 1. The van der Waals surface area contributed by atoms with E-state index in [-0.39, 0.29) is 11.7 Å². The summed E-state index contributed by atoms with van der Waals surface area (Å²) >= 11 is 0. The van der Waals surface area contributed by atoms with Gasteiger partial charge >= 0.3 is 0 Å². The molecule has 1 fully saturated rings. The van der Waals surface area contributed by atoms with Gasteiger partial charge in [-0.2, -0.15) is 0 Å². The quantitative estimate of drug-likeness (QED) is 0.860. The molecule has 1 heterocycles. The van der Waals surface area contributed by atoms with Crippen molar-refractivity contribution in [2.45, 2.75) is 51.6 Å². The zero-order valence-electron chi connectivity index (χ0n) is 14.6. The van der Waals surface area contributed by atoms with Crippen molar-refractivity contribution < 1.29 is 14.2 Å². The Hall–Kier alpha value is -1.13. The van der Waals surface area contributed by atoms with E-state index in [0.717, 1.165) is 19.6 Å². The van der Waals surface area contributed by atoms with Crippen molar-refractivity contribution in [3.05, 3.63) is 29.6 Å². The molecule has 1 aromatic rings. The Labute approximate surface area is 139 Å². The first-order chi connectivity index (χ1) is 11.0. The van der Waals surface area contributed by atoms with Crippen molar-refractivity contribution in [2.24, 2.45) is 5.92 Å². The highest BCUT2D eigenvalue weighted by Gasteiger charge is 2.37. The second-order valence-electron chi connectivity index (χ2n) is 6.74. The highest BCUT2D eigenvalue weighted by atomic mass is 19.1. The third kappa shape index (κ3) is 4.24. The minimum Gasteiger partial charge on any atom is -0.496 e. The molecule has 0 spiro atoms. The number of hydrogen-bond acceptors (Lipinski definition) is 3. The van der Waals surface area contributed by atoms with Crippen LogP contribution in [0, 0.1) is 11.7 Å². The summed E-state index contributed by atoms with van der Waals surface area (Å²) in [4.78, 5) is 2.43. The fourth-order valence-corrected chi connectivity index (χ4v) is 3.68. The standard InChI is InChI=1S/C19H30FNO2/c1-4-19(22,17-13-16(20)9-10-18(17)23-3)15(2)14-21-11-7-5-6-8-12-21/h9-10,13,15,22H,4-8,11-12,14H2,1-3H3. The van der Waals surface area contributed by atoms with Gasteiger partial charge in [0.15, 0.2) is 0 Å². The largest absolute Gasteiger partial charge is 0.496 e. The van der Waals surface area contributed by atoms with Crippen molar-refractivity contribution in [3.63, 3.8) is 0 Å². The number of benzene rings is 1. The SMILES string of the molecule is CCC(O)(c1cc(F)ccc1OC)C(C)CN1CCCCCC1. The zero-order chi connectivity index (χ0) is 16.9. The maximum absolute atomic E-state index is 13.7. The van der Waals surface area contributed by atoms with Crippen LogP contribution in [0.4, 0.5) is 4.39 Å².